The molecular formula is C27H28O4. The summed E-state index contributed by atoms with van der Waals surface area (Å²) in [6, 6.07) is 24.9. The van der Waals surface area contributed by atoms with Gasteiger partial charge in [0.05, 0.1) is 13.2 Å². The second kappa shape index (κ2) is 9.80. The molecule has 1 N–H and O–H groups in total. The van der Waals surface area contributed by atoms with Crippen LogP contribution in [0, 0.1) is 0 Å². The van der Waals surface area contributed by atoms with Gasteiger partial charge in [-0.05, 0) is 65.6 Å². The molecule has 0 aliphatic heterocycles. The third-order valence-electron chi connectivity index (χ3n) is 5.95. The smallest absolute Gasteiger partial charge is 0.332 e. The fraction of sp³-hybridized carbons (Fsp3) is 0.296. The summed E-state index contributed by atoms with van der Waals surface area (Å²) in [5.41, 5.74) is 6.11. The van der Waals surface area contributed by atoms with E-state index in [-0.39, 0.29) is 18.5 Å². The Morgan fingerprint density at radius 1 is 1.00 bits per heavy atom. The summed E-state index contributed by atoms with van der Waals surface area (Å²) in [7, 11) is 0. The SMILES string of the molecule is CCOC(=O)COCc1ccc([C@@H]2c3ccc(O)cc3CC[C@@H]2c2ccccc2)cc1. The van der Waals surface area contributed by atoms with Gasteiger partial charge in [0.2, 0.25) is 0 Å². The molecule has 4 rings (SSSR count). The second-order valence-electron chi connectivity index (χ2n) is 7.96. The fourth-order valence-electron chi connectivity index (χ4n) is 4.55. The first-order valence-corrected chi connectivity index (χ1v) is 10.8. The Bertz CT molecular complexity index is 1010. The maximum atomic E-state index is 11.4. The van der Waals surface area contributed by atoms with Crippen LogP contribution in [0.3, 0.4) is 0 Å². The minimum Gasteiger partial charge on any atom is -0.508 e. The Morgan fingerprint density at radius 3 is 2.52 bits per heavy atom. The quantitative estimate of drug-likeness (QED) is 0.529. The highest BCUT2D eigenvalue weighted by molar-refractivity contribution is 5.70. The van der Waals surface area contributed by atoms with Crippen LogP contribution in [-0.4, -0.2) is 24.3 Å². The molecule has 0 radical (unpaired) electrons. The molecule has 2 atom stereocenters. The third-order valence-corrected chi connectivity index (χ3v) is 5.95. The minimum absolute atomic E-state index is 0.0365. The van der Waals surface area contributed by atoms with Crippen LogP contribution < -0.4 is 0 Å². The predicted molar refractivity (Wildman–Crippen MR) is 120 cm³/mol. The number of aromatic hydroxyl groups is 1. The number of carbonyl (C=O) groups excluding carboxylic acids is 1. The van der Waals surface area contributed by atoms with Crippen molar-refractivity contribution in [1.82, 2.24) is 0 Å². The Hall–Kier alpha value is -3.11. The first kappa shape index (κ1) is 21.1. The van der Waals surface area contributed by atoms with Gasteiger partial charge >= 0.3 is 5.97 Å². The maximum Gasteiger partial charge on any atom is 0.332 e. The van der Waals surface area contributed by atoms with Gasteiger partial charge in [-0.25, -0.2) is 4.79 Å². The largest absolute Gasteiger partial charge is 0.508 e. The van der Waals surface area contributed by atoms with Crippen molar-refractivity contribution in [3.8, 4) is 5.75 Å². The minimum atomic E-state index is -0.341. The number of hydrogen-bond donors (Lipinski definition) is 1. The molecule has 160 valence electrons. The van der Waals surface area contributed by atoms with E-state index in [1.165, 1.54) is 22.3 Å². The van der Waals surface area contributed by atoms with Gasteiger partial charge in [-0.3, -0.25) is 0 Å². The van der Waals surface area contributed by atoms with E-state index in [9.17, 15) is 9.90 Å². The van der Waals surface area contributed by atoms with Crippen molar-refractivity contribution in [3.05, 3.63) is 101 Å². The summed E-state index contributed by atoms with van der Waals surface area (Å²) < 4.78 is 10.4. The van der Waals surface area contributed by atoms with Gasteiger partial charge in [0.25, 0.3) is 0 Å². The van der Waals surface area contributed by atoms with Crippen molar-refractivity contribution >= 4 is 5.97 Å². The van der Waals surface area contributed by atoms with E-state index in [2.05, 4.69) is 60.7 Å². The number of fused-ring (bicyclic) bond motifs is 1. The van der Waals surface area contributed by atoms with Crippen LogP contribution in [0.15, 0.2) is 72.8 Å². The second-order valence-corrected chi connectivity index (χ2v) is 7.96. The number of aryl methyl sites for hydroxylation is 1. The Kier molecular flexibility index (Phi) is 6.68. The van der Waals surface area contributed by atoms with Gasteiger partial charge in [-0.1, -0.05) is 60.7 Å². The molecule has 4 heteroatoms. The molecule has 0 fully saturated rings. The summed E-state index contributed by atoms with van der Waals surface area (Å²) in [6.45, 7) is 2.48. The lowest BCUT2D eigenvalue weighted by Gasteiger charge is -2.35. The molecule has 0 spiro atoms. The monoisotopic (exact) mass is 416 g/mol. The average Bonchev–Trinajstić information content (AvgIpc) is 2.79. The number of benzene rings is 3. The predicted octanol–water partition coefficient (Wildman–Crippen LogP) is 5.33. The van der Waals surface area contributed by atoms with E-state index in [1.54, 1.807) is 13.0 Å². The van der Waals surface area contributed by atoms with Gasteiger partial charge in [0.1, 0.15) is 12.4 Å². The first-order valence-electron chi connectivity index (χ1n) is 10.8. The number of carbonyl (C=O) groups is 1. The molecule has 0 saturated heterocycles. The molecule has 1 aliphatic rings. The molecular weight excluding hydrogens is 388 g/mol. The van der Waals surface area contributed by atoms with E-state index < -0.39 is 0 Å². The van der Waals surface area contributed by atoms with Crippen molar-refractivity contribution < 1.29 is 19.4 Å². The molecule has 3 aromatic carbocycles. The zero-order valence-corrected chi connectivity index (χ0v) is 17.8. The zero-order chi connectivity index (χ0) is 21.6. The highest BCUT2D eigenvalue weighted by Crippen LogP contribution is 2.46. The van der Waals surface area contributed by atoms with Gasteiger partial charge in [0, 0.05) is 5.92 Å². The van der Waals surface area contributed by atoms with E-state index in [0.29, 0.717) is 24.9 Å². The van der Waals surface area contributed by atoms with E-state index in [4.69, 9.17) is 9.47 Å². The normalized spacial score (nSPS) is 17.7. The van der Waals surface area contributed by atoms with Crippen LogP contribution in [0.25, 0.3) is 0 Å². The van der Waals surface area contributed by atoms with Crippen LogP contribution in [0.2, 0.25) is 0 Å². The highest BCUT2D eigenvalue weighted by atomic mass is 16.6. The molecule has 31 heavy (non-hydrogen) atoms. The van der Waals surface area contributed by atoms with Gasteiger partial charge in [-0.2, -0.15) is 0 Å². The number of hydrogen-bond acceptors (Lipinski definition) is 4. The average molecular weight is 417 g/mol. The molecule has 0 amide bonds. The Balaban J connectivity index is 1.58. The summed E-state index contributed by atoms with van der Waals surface area (Å²) in [5.74, 6) is 0.585. The van der Waals surface area contributed by atoms with Crippen molar-refractivity contribution in [2.24, 2.45) is 0 Å². The van der Waals surface area contributed by atoms with Gasteiger partial charge in [-0.15, -0.1) is 0 Å². The van der Waals surface area contributed by atoms with Crippen LogP contribution in [0.4, 0.5) is 0 Å². The number of phenols is 1. The fourth-order valence-corrected chi connectivity index (χ4v) is 4.55. The number of rotatable bonds is 7. The lowest BCUT2D eigenvalue weighted by atomic mass is 9.69. The van der Waals surface area contributed by atoms with Crippen molar-refractivity contribution in [2.75, 3.05) is 13.2 Å². The Morgan fingerprint density at radius 2 is 1.77 bits per heavy atom. The highest BCUT2D eigenvalue weighted by Gasteiger charge is 2.32. The van der Waals surface area contributed by atoms with Crippen molar-refractivity contribution in [3.63, 3.8) is 0 Å². The maximum absolute atomic E-state index is 11.4. The van der Waals surface area contributed by atoms with E-state index in [0.717, 1.165) is 18.4 Å². The van der Waals surface area contributed by atoms with Gasteiger partial charge < -0.3 is 14.6 Å². The molecule has 0 saturated carbocycles. The first-order chi connectivity index (χ1) is 15.2. The third kappa shape index (κ3) is 4.97. The molecule has 0 heterocycles. The van der Waals surface area contributed by atoms with Crippen molar-refractivity contribution in [1.29, 1.82) is 0 Å². The lowest BCUT2D eigenvalue weighted by molar-refractivity contribution is -0.148. The molecule has 4 nitrogen and oxygen atoms in total. The van der Waals surface area contributed by atoms with Crippen LogP contribution >= 0.6 is 0 Å². The summed E-state index contributed by atoms with van der Waals surface area (Å²) >= 11 is 0. The zero-order valence-electron chi connectivity index (χ0n) is 17.8. The van der Waals surface area contributed by atoms with Crippen molar-refractivity contribution in [2.45, 2.75) is 38.2 Å². The molecule has 1 aliphatic carbocycles. The van der Waals surface area contributed by atoms with E-state index in [1.807, 2.05) is 6.07 Å². The summed E-state index contributed by atoms with van der Waals surface area (Å²) in [5, 5.41) is 9.97. The van der Waals surface area contributed by atoms with Crippen LogP contribution in [0.5, 0.6) is 5.75 Å². The number of phenolic OH excluding ortho intramolecular Hbond substituents is 1. The van der Waals surface area contributed by atoms with Crippen LogP contribution in [-0.2, 0) is 27.3 Å². The molecule has 3 aromatic rings. The molecule has 0 unspecified atom stereocenters. The topological polar surface area (TPSA) is 55.8 Å². The number of esters is 1. The molecule has 0 aromatic heterocycles. The summed E-state index contributed by atoms with van der Waals surface area (Å²) in [6.07, 6.45) is 2.00. The lowest BCUT2D eigenvalue weighted by Crippen LogP contribution is -2.20. The standard InChI is InChI=1S/C27H28O4/c1-2-31-26(29)18-30-17-19-8-10-21(11-9-19)27-24(20-6-4-3-5-7-20)14-12-22-16-23(28)13-15-25(22)27/h3-11,13,15-16,24,27-28H,2,12,14,17-18H2,1H3/t24-,27+/m1/s1. The van der Waals surface area contributed by atoms with E-state index >= 15 is 0 Å². The van der Waals surface area contributed by atoms with Gasteiger partial charge in [0.15, 0.2) is 0 Å². The Labute approximate surface area is 183 Å². The van der Waals surface area contributed by atoms with Crippen LogP contribution in [0.1, 0.15) is 53.0 Å². The number of ether oxygens (including phenoxy) is 2. The molecule has 0 bridgehead atoms. The summed E-state index contributed by atoms with van der Waals surface area (Å²) in [4.78, 5) is 11.4.